The number of aromatic amines is 1. The summed E-state index contributed by atoms with van der Waals surface area (Å²) in [7, 11) is -0.434. The molecule has 1 N–H and O–H groups in total. The zero-order valence-corrected chi connectivity index (χ0v) is 14.7. The molecule has 2 heterocycles. The molecule has 4 aromatic rings. The molecule has 0 radical (unpaired) electrons. The molecule has 0 spiro atoms. The number of nitrogens with zero attached hydrogens (tertiary/aromatic N) is 1. The topological polar surface area (TPSA) is 28.7 Å². The first kappa shape index (κ1) is 15.8. The first-order valence-corrected chi connectivity index (χ1v) is 9.90. The van der Waals surface area contributed by atoms with E-state index in [4.69, 9.17) is 0 Å². The molecule has 3 heteroatoms. The summed E-state index contributed by atoms with van der Waals surface area (Å²) in [5, 5.41) is 2.80. The highest BCUT2D eigenvalue weighted by Crippen LogP contribution is 2.37. The number of benzene rings is 2. The molecule has 0 atom stereocenters. The Hall–Kier alpha value is -2.70. The van der Waals surface area contributed by atoms with Crippen molar-refractivity contribution in [2.24, 2.45) is 0 Å². The molecule has 25 heavy (non-hydrogen) atoms. The van der Waals surface area contributed by atoms with Crippen molar-refractivity contribution in [3.63, 3.8) is 0 Å². The van der Waals surface area contributed by atoms with Gasteiger partial charge in [0.25, 0.3) is 0 Å². The van der Waals surface area contributed by atoms with Crippen LogP contribution in [0.1, 0.15) is 5.69 Å². The zero-order chi connectivity index (χ0) is 16.9. The lowest BCUT2D eigenvalue weighted by atomic mass is 10.3. The predicted molar refractivity (Wildman–Crippen MR) is 107 cm³/mol. The molecule has 0 saturated heterocycles. The lowest BCUT2D eigenvalue weighted by Gasteiger charge is -2.18. The molecule has 0 aliphatic heterocycles. The van der Waals surface area contributed by atoms with Gasteiger partial charge in [-0.05, 0) is 42.8 Å². The van der Waals surface area contributed by atoms with Gasteiger partial charge in [-0.15, -0.1) is 0 Å². The summed E-state index contributed by atoms with van der Waals surface area (Å²) in [6.45, 7) is 0. The SMILES string of the molecule is c1ccc(P(Cc2ccc(-c3ccccn3)[nH]2)c2ccccc2)cc1. The van der Waals surface area contributed by atoms with Gasteiger partial charge < -0.3 is 4.98 Å². The molecule has 0 aliphatic rings. The van der Waals surface area contributed by atoms with E-state index < -0.39 is 7.92 Å². The largest absolute Gasteiger partial charge is 0.357 e. The average molecular weight is 342 g/mol. The Balaban J connectivity index is 1.65. The molecule has 0 saturated carbocycles. The van der Waals surface area contributed by atoms with Crippen LogP contribution in [0.15, 0.2) is 97.2 Å². The minimum Gasteiger partial charge on any atom is -0.357 e. The third-order valence-corrected chi connectivity index (χ3v) is 6.65. The second-order valence-corrected chi connectivity index (χ2v) is 8.07. The molecule has 0 amide bonds. The van der Waals surface area contributed by atoms with Crippen LogP contribution in [-0.2, 0) is 6.16 Å². The number of pyridine rings is 1. The summed E-state index contributed by atoms with van der Waals surface area (Å²) in [4.78, 5) is 7.98. The van der Waals surface area contributed by atoms with Crippen LogP contribution in [0.25, 0.3) is 11.4 Å². The van der Waals surface area contributed by atoms with E-state index in [1.165, 1.54) is 16.3 Å². The fourth-order valence-corrected chi connectivity index (χ4v) is 5.17. The predicted octanol–water partition coefficient (Wildman–Crippen LogP) is 4.71. The molecule has 0 bridgehead atoms. The summed E-state index contributed by atoms with van der Waals surface area (Å²) in [6, 6.07) is 31.9. The van der Waals surface area contributed by atoms with Crippen LogP contribution in [-0.4, -0.2) is 9.97 Å². The molecule has 122 valence electrons. The molecule has 4 rings (SSSR count). The van der Waals surface area contributed by atoms with Gasteiger partial charge >= 0.3 is 0 Å². The molecule has 0 unspecified atom stereocenters. The number of aromatic nitrogens is 2. The Labute approximate surface area is 149 Å². The Bertz CT molecular complexity index is 878. The van der Waals surface area contributed by atoms with E-state index >= 15 is 0 Å². The Kier molecular flexibility index (Phi) is 4.72. The van der Waals surface area contributed by atoms with E-state index in [0.717, 1.165) is 17.5 Å². The van der Waals surface area contributed by atoms with Crippen LogP contribution in [0.5, 0.6) is 0 Å². The fraction of sp³-hybridized carbons (Fsp3) is 0.0455. The third-order valence-electron chi connectivity index (χ3n) is 4.15. The maximum atomic E-state index is 4.43. The minimum absolute atomic E-state index is 0.434. The average Bonchev–Trinajstić information content (AvgIpc) is 3.17. The van der Waals surface area contributed by atoms with Gasteiger partial charge in [-0.3, -0.25) is 4.98 Å². The Morgan fingerprint density at radius 2 is 1.32 bits per heavy atom. The van der Waals surface area contributed by atoms with Crippen molar-refractivity contribution in [1.29, 1.82) is 0 Å². The molecule has 2 aromatic heterocycles. The smallest absolute Gasteiger partial charge is 0.0864 e. The number of hydrogen-bond acceptors (Lipinski definition) is 1. The molecular formula is C22H19N2P. The van der Waals surface area contributed by atoms with Gasteiger partial charge in [-0.25, -0.2) is 0 Å². The minimum atomic E-state index is -0.434. The van der Waals surface area contributed by atoms with E-state index in [2.05, 4.69) is 82.8 Å². The monoisotopic (exact) mass is 342 g/mol. The van der Waals surface area contributed by atoms with Gasteiger partial charge in [-0.1, -0.05) is 66.7 Å². The molecule has 2 nitrogen and oxygen atoms in total. The van der Waals surface area contributed by atoms with Crippen molar-refractivity contribution in [2.75, 3.05) is 0 Å². The lowest BCUT2D eigenvalue weighted by Crippen LogP contribution is -2.13. The van der Waals surface area contributed by atoms with E-state index in [1.807, 2.05) is 24.4 Å². The number of hydrogen-bond donors (Lipinski definition) is 1. The first-order chi connectivity index (χ1) is 12.4. The Morgan fingerprint density at radius 1 is 0.680 bits per heavy atom. The number of nitrogens with one attached hydrogen (secondary N) is 1. The van der Waals surface area contributed by atoms with E-state index in [0.29, 0.717) is 0 Å². The third kappa shape index (κ3) is 3.70. The van der Waals surface area contributed by atoms with Crippen molar-refractivity contribution in [1.82, 2.24) is 9.97 Å². The van der Waals surface area contributed by atoms with Crippen LogP contribution >= 0.6 is 7.92 Å². The maximum absolute atomic E-state index is 4.43. The summed E-state index contributed by atoms with van der Waals surface area (Å²) in [5.41, 5.74) is 3.31. The van der Waals surface area contributed by atoms with Crippen LogP contribution in [0, 0.1) is 0 Å². The van der Waals surface area contributed by atoms with E-state index in [9.17, 15) is 0 Å². The van der Waals surface area contributed by atoms with Gasteiger partial charge in [-0.2, -0.15) is 0 Å². The van der Waals surface area contributed by atoms with Crippen LogP contribution in [0.2, 0.25) is 0 Å². The molecular weight excluding hydrogens is 323 g/mol. The summed E-state index contributed by atoms with van der Waals surface area (Å²) < 4.78 is 0. The second kappa shape index (κ2) is 7.46. The van der Waals surface area contributed by atoms with Crippen LogP contribution < -0.4 is 10.6 Å². The normalized spacial score (nSPS) is 10.9. The lowest BCUT2D eigenvalue weighted by molar-refractivity contribution is 1.20. The highest BCUT2D eigenvalue weighted by atomic mass is 31.1. The fourth-order valence-electron chi connectivity index (χ4n) is 2.92. The number of H-pyrrole nitrogens is 1. The van der Waals surface area contributed by atoms with Crippen molar-refractivity contribution in [3.8, 4) is 11.4 Å². The molecule has 0 aliphatic carbocycles. The maximum Gasteiger partial charge on any atom is 0.0864 e. The molecule has 0 fully saturated rings. The highest BCUT2D eigenvalue weighted by molar-refractivity contribution is 7.72. The van der Waals surface area contributed by atoms with Crippen LogP contribution in [0.3, 0.4) is 0 Å². The standard InChI is InChI=1S/C22H19N2P/c1-3-9-19(10-4-1)25(20-11-5-2-6-12-20)17-18-14-15-22(24-18)21-13-7-8-16-23-21/h1-16,24H,17H2. The van der Waals surface area contributed by atoms with Gasteiger partial charge in [0.05, 0.1) is 11.4 Å². The van der Waals surface area contributed by atoms with E-state index in [-0.39, 0.29) is 0 Å². The summed E-state index contributed by atoms with van der Waals surface area (Å²) >= 11 is 0. The van der Waals surface area contributed by atoms with Gasteiger partial charge in [0.2, 0.25) is 0 Å². The van der Waals surface area contributed by atoms with Crippen molar-refractivity contribution < 1.29 is 0 Å². The summed E-state index contributed by atoms with van der Waals surface area (Å²) in [5.74, 6) is 0. The Morgan fingerprint density at radius 3 is 1.92 bits per heavy atom. The molecule has 2 aromatic carbocycles. The van der Waals surface area contributed by atoms with Crippen molar-refractivity contribution in [3.05, 3.63) is 103 Å². The van der Waals surface area contributed by atoms with Gasteiger partial charge in [0, 0.05) is 18.1 Å². The quantitative estimate of drug-likeness (QED) is 0.523. The van der Waals surface area contributed by atoms with Crippen molar-refractivity contribution in [2.45, 2.75) is 6.16 Å². The first-order valence-electron chi connectivity index (χ1n) is 8.37. The second-order valence-electron chi connectivity index (χ2n) is 5.87. The van der Waals surface area contributed by atoms with Gasteiger partial charge in [0.15, 0.2) is 0 Å². The van der Waals surface area contributed by atoms with Gasteiger partial charge in [0.1, 0.15) is 0 Å². The summed E-state index contributed by atoms with van der Waals surface area (Å²) in [6.07, 6.45) is 2.83. The highest BCUT2D eigenvalue weighted by Gasteiger charge is 2.15. The number of rotatable bonds is 5. The van der Waals surface area contributed by atoms with Crippen LogP contribution in [0.4, 0.5) is 0 Å². The zero-order valence-electron chi connectivity index (χ0n) is 13.8. The van der Waals surface area contributed by atoms with Crippen molar-refractivity contribution >= 4 is 18.5 Å². The van der Waals surface area contributed by atoms with E-state index in [1.54, 1.807) is 0 Å².